The fourth-order valence-electron chi connectivity index (χ4n) is 1.67. The van der Waals surface area contributed by atoms with E-state index in [0.29, 0.717) is 4.47 Å². The number of halogens is 1. The first-order chi connectivity index (χ1) is 10.3. The number of hydrogen-bond acceptors (Lipinski definition) is 6. The Hall–Kier alpha value is -2.13. The molecular weight excluding hydrogens is 378 g/mol. The summed E-state index contributed by atoms with van der Waals surface area (Å²) < 4.78 is 34.9. The molecule has 0 aliphatic carbocycles. The molecule has 22 heavy (non-hydrogen) atoms. The van der Waals surface area contributed by atoms with Crippen molar-refractivity contribution in [3.8, 4) is 11.5 Å². The summed E-state index contributed by atoms with van der Waals surface area (Å²) >= 11 is 3.18. The molecular formula is C13H10BrNO6S. The second-order valence-corrected chi connectivity index (χ2v) is 6.52. The molecule has 0 amide bonds. The lowest BCUT2D eigenvalue weighted by molar-refractivity contribution is -0.388. The van der Waals surface area contributed by atoms with Gasteiger partial charge in [0.05, 0.1) is 18.1 Å². The van der Waals surface area contributed by atoms with Gasteiger partial charge in [0.2, 0.25) is 0 Å². The highest BCUT2D eigenvalue weighted by atomic mass is 79.9. The van der Waals surface area contributed by atoms with Crippen molar-refractivity contribution in [1.82, 2.24) is 0 Å². The molecule has 0 N–H and O–H groups in total. The second-order valence-electron chi connectivity index (χ2n) is 4.09. The second kappa shape index (κ2) is 6.32. The van der Waals surface area contributed by atoms with Gasteiger partial charge in [-0.15, -0.1) is 0 Å². The number of nitro benzene ring substituents is 1. The highest BCUT2D eigenvalue weighted by molar-refractivity contribution is 9.10. The molecule has 0 bridgehead atoms. The number of rotatable bonds is 5. The Morgan fingerprint density at radius 3 is 2.45 bits per heavy atom. The zero-order valence-electron chi connectivity index (χ0n) is 11.2. The molecule has 0 radical (unpaired) electrons. The molecule has 0 aliphatic heterocycles. The standard InChI is InChI=1S/C13H10BrNO6S/c1-20-10-5-6-13(12(8-10)15(16)17)22(18,19)21-11-4-2-3-9(14)7-11/h2-8H,1H3. The van der Waals surface area contributed by atoms with Crippen LogP contribution in [0.15, 0.2) is 51.8 Å². The quantitative estimate of drug-likeness (QED) is 0.444. The molecule has 0 saturated heterocycles. The van der Waals surface area contributed by atoms with Gasteiger partial charge in [-0.25, -0.2) is 0 Å². The Labute approximate surface area is 134 Å². The summed E-state index contributed by atoms with van der Waals surface area (Å²) in [6.45, 7) is 0. The Morgan fingerprint density at radius 2 is 1.86 bits per heavy atom. The molecule has 2 aromatic carbocycles. The largest absolute Gasteiger partial charge is 0.497 e. The molecule has 0 aromatic heterocycles. The van der Waals surface area contributed by atoms with E-state index in [0.717, 1.165) is 12.1 Å². The molecule has 2 aromatic rings. The van der Waals surface area contributed by atoms with Gasteiger partial charge in [0.25, 0.3) is 5.69 Å². The lowest BCUT2D eigenvalue weighted by Crippen LogP contribution is -2.12. The molecule has 2 rings (SSSR count). The lowest BCUT2D eigenvalue weighted by Gasteiger charge is -2.08. The van der Waals surface area contributed by atoms with Crippen LogP contribution in [0.1, 0.15) is 0 Å². The van der Waals surface area contributed by atoms with Crippen molar-refractivity contribution >= 4 is 31.7 Å². The molecule has 116 valence electrons. The molecule has 0 fully saturated rings. The van der Waals surface area contributed by atoms with Crippen LogP contribution in [0.3, 0.4) is 0 Å². The van der Waals surface area contributed by atoms with Crippen molar-refractivity contribution in [2.24, 2.45) is 0 Å². The smallest absolute Gasteiger partial charge is 0.346 e. The van der Waals surface area contributed by atoms with Crippen molar-refractivity contribution in [1.29, 1.82) is 0 Å². The number of methoxy groups -OCH3 is 1. The third-order valence-electron chi connectivity index (χ3n) is 2.63. The van der Waals surface area contributed by atoms with Gasteiger partial charge >= 0.3 is 10.1 Å². The molecule has 0 heterocycles. The van der Waals surface area contributed by atoms with Crippen LogP contribution in [-0.4, -0.2) is 20.5 Å². The van der Waals surface area contributed by atoms with Gasteiger partial charge in [-0.2, -0.15) is 8.42 Å². The first-order valence-corrected chi connectivity index (χ1v) is 8.06. The average molecular weight is 388 g/mol. The first-order valence-electron chi connectivity index (χ1n) is 5.86. The van der Waals surface area contributed by atoms with Crippen molar-refractivity contribution in [3.05, 3.63) is 57.1 Å². The van der Waals surface area contributed by atoms with Gasteiger partial charge in [0.15, 0.2) is 4.90 Å². The third-order valence-corrected chi connectivity index (χ3v) is 4.42. The summed E-state index contributed by atoms with van der Waals surface area (Å²) in [6, 6.07) is 9.54. The third kappa shape index (κ3) is 3.55. The van der Waals surface area contributed by atoms with Crippen molar-refractivity contribution in [2.75, 3.05) is 7.11 Å². The van der Waals surface area contributed by atoms with E-state index in [2.05, 4.69) is 15.9 Å². The number of hydrogen-bond donors (Lipinski definition) is 0. The van der Waals surface area contributed by atoms with E-state index in [-0.39, 0.29) is 11.5 Å². The van der Waals surface area contributed by atoms with Crippen LogP contribution in [0.25, 0.3) is 0 Å². The number of benzene rings is 2. The maximum atomic E-state index is 12.3. The van der Waals surface area contributed by atoms with Crippen molar-refractivity contribution < 1.29 is 22.3 Å². The Bertz CT molecular complexity index is 821. The van der Waals surface area contributed by atoms with Gasteiger partial charge in [-0.1, -0.05) is 22.0 Å². The first kappa shape index (κ1) is 16.2. The Morgan fingerprint density at radius 1 is 1.14 bits per heavy atom. The summed E-state index contributed by atoms with van der Waals surface area (Å²) in [5, 5.41) is 11.1. The molecule has 0 atom stereocenters. The van der Waals surface area contributed by atoms with Gasteiger partial charge in [0.1, 0.15) is 11.5 Å². The zero-order valence-corrected chi connectivity index (χ0v) is 13.6. The van der Waals surface area contributed by atoms with Crippen LogP contribution in [0, 0.1) is 10.1 Å². The monoisotopic (exact) mass is 387 g/mol. The molecule has 7 nitrogen and oxygen atoms in total. The van der Waals surface area contributed by atoms with E-state index >= 15 is 0 Å². The fourth-order valence-corrected chi connectivity index (χ4v) is 3.12. The topological polar surface area (TPSA) is 95.7 Å². The molecule has 0 aliphatic rings. The average Bonchev–Trinajstić information content (AvgIpc) is 2.46. The Balaban J connectivity index is 2.47. The lowest BCUT2D eigenvalue weighted by atomic mass is 10.3. The molecule has 0 saturated carbocycles. The van der Waals surface area contributed by atoms with Crippen LogP contribution in [0.5, 0.6) is 11.5 Å². The number of ether oxygens (including phenoxy) is 1. The minimum absolute atomic E-state index is 0.0412. The molecule has 0 unspecified atom stereocenters. The predicted molar refractivity (Wildman–Crippen MR) is 81.6 cm³/mol. The summed E-state index contributed by atoms with van der Waals surface area (Å²) in [5.41, 5.74) is -0.616. The maximum absolute atomic E-state index is 12.3. The van der Waals surface area contributed by atoms with Crippen molar-refractivity contribution in [3.63, 3.8) is 0 Å². The van der Waals surface area contributed by atoms with Crippen LogP contribution in [0.2, 0.25) is 0 Å². The number of nitro groups is 1. The SMILES string of the molecule is COc1ccc(S(=O)(=O)Oc2cccc(Br)c2)c([N+](=O)[O-])c1. The van der Waals surface area contributed by atoms with E-state index in [9.17, 15) is 18.5 Å². The van der Waals surface area contributed by atoms with Crippen LogP contribution < -0.4 is 8.92 Å². The molecule has 9 heteroatoms. The van der Waals surface area contributed by atoms with E-state index in [1.165, 1.54) is 25.3 Å². The minimum Gasteiger partial charge on any atom is -0.497 e. The summed E-state index contributed by atoms with van der Waals surface area (Å²) in [5.74, 6) is 0.215. The van der Waals surface area contributed by atoms with E-state index in [4.69, 9.17) is 8.92 Å². The van der Waals surface area contributed by atoms with Gasteiger partial charge < -0.3 is 8.92 Å². The summed E-state index contributed by atoms with van der Waals surface area (Å²) in [6.07, 6.45) is 0. The van der Waals surface area contributed by atoms with Gasteiger partial charge in [-0.3, -0.25) is 10.1 Å². The van der Waals surface area contributed by atoms with Crippen LogP contribution in [-0.2, 0) is 10.1 Å². The fraction of sp³-hybridized carbons (Fsp3) is 0.0769. The van der Waals surface area contributed by atoms with Crippen LogP contribution >= 0.6 is 15.9 Å². The van der Waals surface area contributed by atoms with E-state index < -0.39 is 25.6 Å². The zero-order chi connectivity index (χ0) is 16.3. The molecule has 0 spiro atoms. The van der Waals surface area contributed by atoms with Crippen LogP contribution in [0.4, 0.5) is 5.69 Å². The summed E-state index contributed by atoms with van der Waals surface area (Å²) in [4.78, 5) is 9.72. The minimum atomic E-state index is -4.35. The van der Waals surface area contributed by atoms with Gasteiger partial charge in [0, 0.05) is 4.47 Å². The van der Waals surface area contributed by atoms with E-state index in [1.54, 1.807) is 12.1 Å². The normalized spacial score (nSPS) is 11.0. The Kier molecular flexibility index (Phi) is 4.67. The van der Waals surface area contributed by atoms with Gasteiger partial charge in [-0.05, 0) is 30.3 Å². The number of nitrogens with zero attached hydrogens (tertiary/aromatic N) is 1. The summed E-state index contributed by atoms with van der Waals surface area (Å²) in [7, 11) is -3.02. The maximum Gasteiger partial charge on any atom is 0.346 e. The highest BCUT2D eigenvalue weighted by Gasteiger charge is 2.28. The van der Waals surface area contributed by atoms with Crippen molar-refractivity contribution in [2.45, 2.75) is 4.90 Å². The highest BCUT2D eigenvalue weighted by Crippen LogP contribution is 2.30. The predicted octanol–water partition coefficient (Wildman–Crippen LogP) is 3.13. The van der Waals surface area contributed by atoms with E-state index in [1.807, 2.05) is 0 Å².